The summed E-state index contributed by atoms with van der Waals surface area (Å²) >= 11 is 5.76. The third-order valence-corrected chi connectivity index (χ3v) is 2.07. The largest absolute Gasteiger partial charge is 0.357 e. The molecule has 0 atom stereocenters. The van der Waals surface area contributed by atoms with Crippen molar-refractivity contribution in [2.75, 3.05) is 18.0 Å². The third kappa shape index (κ3) is 2.56. The summed E-state index contributed by atoms with van der Waals surface area (Å²) in [7, 11) is 0. The van der Waals surface area contributed by atoms with Crippen LogP contribution >= 0.6 is 11.6 Å². The highest BCUT2D eigenvalue weighted by molar-refractivity contribution is 6.28. The Morgan fingerprint density at radius 3 is 2.38 bits per heavy atom. The van der Waals surface area contributed by atoms with Gasteiger partial charge in [0.25, 0.3) is 0 Å². The molecule has 3 nitrogen and oxygen atoms in total. The molecule has 0 fully saturated rings. The molecule has 0 N–H and O–H groups in total. The van der Waals surface area contributed by atoms with Crippen LogP contribution in [-0.2, 0) is 0 Å². The van der Waals surface area contributed by atoms with E-state index in [2.05, 4.69) is 28.7 Å². The molecule has 0 saturated heterocycles. The summed E-state index contributed by atoms with van der Waals surface area (Å²) in [5, 5.41) is 0.321. The van der Waals surface area contributed by atoms with E-state index in [-0.39, 0.29) is 0 Å². The van der Waals surface area contributed by atoms with Crippen LogP contribution in [0.5, 0.6) is 0 Å². The second-order valence-electron chi connectivity index (χ2n) is 2.81. The lowest BCUT2D eigenvalue weighted by Gasteiger charge is -2.19. The van der Waals surface area contributed by atoms with Gasteiger partial charge in [-0.15, -0.1) is 0 Å². The molecule has 1 rings (SSSR count). The number of rotatable bonds is 3. The van der Waals surface area contributed by atoms with Gasteiger partial charge in [0, 0.05) is 24.8 Å². The van der Waals surface area contributed by atoms with Crippen LogP contribution in [0, 0.1) is 6.92 Å². The molecule has 13 heavy (non-hydrogen) atoms. The quantitative estimate of drug-likeness (QED) is 0.700. The molecule has 0 radical (unpaired) electrons. The summed E-state index contributed by atoms with van der Waals surface area (Å²) in [5.74, 6) is 0.905. The summed E-state index contributed by atoms with van der Waals surface area (Å²) in [6.45, 7) is 7.97. The van der Waals surface area contributed by atoms with Gasteiger partial charge < -0.3 is 4.90 Å². The molecule has 0 aliphatic rings. The number of halogens is 1. The molecule has 0 aliphatic carbocycles. The van der Waals surface area contributed by atoms with E-state index in [0.717, 1.165) is 24.6 Å². The molecule has 1 aromatic rings. The van der Waals surface area contributed by atoms with Crippen molar-refractivity contribution in [3.8, 4) is 0 Å². The van der Waals surface area contributed by atoms with Crippen LogP contribution in [0.4, 0.5) is 5.82 Å². The lowest BCUT2D eigenvalue weighted by molar-refractivity contribution is 0.838. The second-order valence-corrected chi connectivity index (χ2v) is 3.15. The first-order chi connectivity index (χ1) is 6.17. The van der Waals surface area contributed by atoms with Crippen molar-refractivity contribution in [2.24, 2.45) is 0 Å². The number of anilines is 1. The minimum atomic E-state index is 0.321. The summed E-state index contributed by atoms with van der Waals surface area (Å²) in [6.07, 6.45) is 0. The average Bonchev–Trinajstić information content (AvgIpc) is 2.04. The minimum absolute atomic E-state index is 0.321. The Morgan fingerprint density at radius 2 is 1.92 bits per heavy atom. The number of hydrogen-bond acceptors (Lipinski definition) is 3. The van der Waals surface area contributed by atoms with Gasteiger partial charge in [-0.25, -0.2) is 9.97 Å². The summed E-state index contributed by atoms with van der Waals surface area (Å²) < 4.78 is 0. The van der Waals surface area contributed by atoms with Crippen molar-refractivity contribution in [1.82, 2.24) is 9.97 Å². The minimum Gasteiger partial charge on any atom is -0.357 e. The fourth-order valence-electron chi connectivity index (χ4n) is 1.23. The number of nitrogens with zero attached hydrogens (tertiary/aromatic N) is 3. The highest BCUT2D eigenvalue weighted by Crippen LogP contribution is 2.14. The van der Waals surface area contributed by atoms with Gasteiger partial charge in [0.1, 0.15) is 5.82 Å². The summed E-state index contributed by atoms with van der Waals surface area (Å²) in [5.41, 5.74) is 0.905. The molecule has 0 unspecified atom stereocenters. The van der Waals surface area contributed by atoms with Crippen molar-refractivity contribution < 1.29 is 0 Å². The Kier molecular flexibility index (Phi) is 3.48. The molecule has 0 saturated carbocycles. The summed E-state index contributed by atoms with van der Waals surface area (Å²) in [4.78, 5) is 10.3. The van der Waals surface area contributed by atoms with E-state index in [0.29, 0.717) is 5.28 Å². The maximum Gasteiger partial charge on any atom is 0.224 e. The molecular formula is C9H14ClN3. The van der Waals surface area contributed by atoms with E-state index in [1.54, 1.807) is 0 Å². The van der Waals surface area contributed by atoms with Crippen molar-refractivity contribution in [3.05, 3.63) is 17.0 Å². The van der Waals surface area contributed by atoms with Crippen molar-refractivity contribution >= 4 is 17.4 Å². The zero-order chi connectivity index (χ0) is 9.84. The molecule has 0 aromatic carbocycles. The molecular weight excluding hydrogens is 186 g/mol. The van der Waals surface area contributed by atoms with Crippen LogP contribution in [0.25, 0.3) is 0 Å². The normalized spacial score (nSPS) is 10.2. The molecule has 0 spiro atoms. The Morgan fingerprint density at radius 1 is 1.31 bits per heavy atom. The Labute approximate surface area is 83.8 Å². The Hall–Kier alpha value is -0.830. The van der Waals surface area contributed by atoms with Crippen molar-refractivity contribution in [1.29, 1.82) is 0 Å². The van der Waals surface area contributed by atoms with Gasteiger partial charge in [0.15, 0.2) is 0 Å². The molecule has 0 amide bonds. The monoisotopic (exact) mass is 199 g/mol. The lowest BCUT2D eigenvalue weighted by atomic mass is 10.4. The van der Waals surface area contributed by atoms with Crippen LogP contribution in [-0.4, -0.2) is 23.1 Å². The predicted octanol–water partition coefficient (Wildman–Crippen LogP) is 2.28. The van der Waals surface area contributed by atoms with E-state index in [1.165, 1.54) is 0 Å². The lowest BCUT2D eigenvalue weighted by Crippen LogP contribution is -2.23. The van der Waals surface area contributed by atoms with Crippen LogP contribution in [0.3, 0.4) is 0 Å². The molecule has 0 bridgehead atoms. The van der Waals surface area contributed by atoms with Crippen LogP contribution < -0.4 is 4.90 Å². The van der Waals surface area contributed by atoms with Gasteiger partial charge in [0.05, 0.1) is 0 Å². The Balaban J connectivity index is 2.99. The zero-order valence-corrected chi connectivity index (χ0v) is 8.97. The highest BCUT2D eigenvalue weighted by atomic mass is 35.5. The highest BCUT2D eigenvalue weighted by Gasteiger charge is 2.05. The maximum absolute atomic E-state index is 5.76. The molecule has 1 heterocycles. The van der Waals surface area contributed by atoms with Crippen LogP contribution in [0.15, 0.2) is 6.07 Å². The SMILES string of the molecule is CCN(CC)c1cc(C)nc(Cl)n1. The first kappa shape index (κ1) is 10.3. The standard InChI is InChI=1S/C9H14ClN3/c1-4-13(5-2)8-6-7(3)11-9(10)12-8/h6H,4-5H2,1-3H3. The van der Waals surface area contributed by atoms with Crippen molar-refractivity contribution in [3.63, 3.8) is 0 Å². The fraction of sp³-hybridized carbons (Fsp3) is 0.556. The number of aromatic nitrogens is 2. The first-order valence-electron chi connectivity index (χ1n) is 4.43. The molecule has 4 heteroatoms. The molecule has 1 aromatic heterocycles. The van der Waals surface area contributed by atoms with Crippen LogP contribution in [0.1, 0.15) is 19.5 Å². The molecule has 0 aliphatic heterocycles. The van der Waals surface area contributed by atoms with Gasteiger partial charge in [0.2, 0.25) is 5.28 Å². The smallest absolute Gasteiger partial charge is 0.224 e. The van der Waals surface area contributed by atoms with Crippen LogP contribution in [0.2, 0.25) is 5.28 Å². The van der Waals surface area contributed by atoms with Gasteiger partial charge in [-0.3, -0.25) is 0 Å². The first-order valence-corrected chi connectivity index (χ1v) is 4.81. The fourth-order valence-corrected chi connectivity index (χ4v) is 1.45. The van der Waals surface area contributed by atoms with Crippen molar-refractivity contribution in [2.45, 2.75) is 20.8 Å². The van der Waals surface area contributed by atoms with E-state index in [9.17, 15) is 0 Å². The van der Waals surface area contributed by atoms with E-state index in [4.69, 9.17) is 11.6 Å². The third-order valence-electron chi connectivity index (χ3n) is 1.90. The van der Waals surface area contributed by atoms with Gasteiger partial charge in [-0.05, 0) is 32.4 Å². The average molecular weight is 200 g/mol. The van der Waals surface area contributed by atoms with Gasteiger partial charge in [-0.1, -0.05) is 0 Å². The summed E-state index contributed by atoms with van der Waals surface area (Å²) in [6, 6.07) is 1.94. The number of hydrogen-bond donors (Lipinski definition) is 0. The van der Waals surface area contributed by atoms with E-state index >= 15 is 0 Å². The second kappa shape index (κ2) is 4.42. The zero-order valence-electron chi connectivity index (χ0n) is 8.21. The predicted molar refractivity (Wildman–Crippen MR) is 55.3 cm³/mol. The molecule has 72 valence electrons. The number of aryl methyl sites for hydroxylation is 1. The van der Waals surface area contributed by atoms with Gasteiger partial charge >= 0.3 is 0 Å². The Bertz CT molecular complexity index is 264. The van der Waals surface area contributed by atoms with Gasteiger partial charge in [-0.2, -0.15) is 0 Å². The van der Waals surface area contributed by atoms with E-state index in [1.807, 2.05) is 13.0 Å². The van der Waals surface area contributed by atoms with E-state index < -0.39 is 0 Å². The maximum atomic E-state index is 5.76. The topological polar surface area (TPSA) is 29.0 Å².